The number of ketones is 1. The van der Waals surface area contributed by atoms with Gasteiger partial charge in [-0.1, -0.05) is 12.1 Å². The normalized spacial score (nSPS) is 18.3. The molecule has 1 aliphatic carbocycles. The van der Waals surface area contributed by atoms with Gasteiger partial charge in [-0.3, -0.25) is 4.79 Å². The number of fused-ring (bicyclic) bond motifs is 1. The predicted octanol–water partition coefficient (Wildman–Crippen LogP) is 2.99. The second-order valence-corrected chi connectivity index (χ2v) is 4.05. The van der Waals surface area contributed by atoms with Crippen molar-refractivity contribution in [1.29, 1.82) is 0 Å². The van der Waals surface area contributed by atoms with Gasteiger partial charge in [-0.05, 0) is 24.5 Å². The Morgan fingerprint density at radius 1 is 1.47 bits per heavy atom. The summed E-state index contributed by atoms with van der Waals surface area (Å²) in [5.41, 5.74) is 1.88. The molecule has 3 heteroatoms. The van der Waals surface area contributed by atoms with Gasteiger partial charge >= 0.3 is 0 Å². The molecular weight excluding hydrogens is 212 g/mol. The number of carbonyl (C=O) groups excluding carboxylic acids is 1. The van der Waals surface area contributed by atoms with E-state index in [-0.39, 0.29) is 11.7 Å². The zero-order valence-corrected chi connectivity index (χ0v) is 9.38. The Morgan fingerprint density at radius 2 is 2.27 bits per heavy atom. The Labute approximate surface area is 94.2 Å². The van der Waals surface area contributed by atoms with Crippen LogP contribution in [-0.4, -0.2) is 18.8 Å². The van der Waals surface area contributed by atoms with E-state index >= 15 is 0 Å². The lowest BCUT2D eigenvalue weighted by Gasteiger charge is -2.29. The number of benzene rings is 1. The van der Waals surface area contributed by atoms with E-state index in [0.29, 0.717) is 11.6 Å². The molecular formula is C12H13ClO2. The molecule has 0 spiro atoms. The molecule has 0 radical (unpaired) electrons. The van der Waals surface area contributed by atoms with Gasteiger partial charge in [0.1, 0.15) is 5.75 Å². The highest BCUT2D eigenvalue weighted by atomic mass is 35.5. The second-order valence-electron chi connectivity index (χ2n) is 3.67. The molecule has 1 aromatic rings. The fourth-order valence-corrected chi connectivity index (χ4v) is 2.23. The minimum absolute atomic E-state index is 0.0499. The topological polar surface area (TPSA) is 26.3 Å². The van der Waals surface area contributed by atoms with Gasteiger partial charge in [0, 0.05) is 11.8 Å². The highest BCUT2D eigenvalue weighted by Gasteiger charge is 2.37. The quantitative estimate of drug-likeness (QED) is 0.735. The van der Waals surface area contributed by atoms with Crippen molar-refractivity contribution in [2.24, 2.45) is 0 Å². The molecule has 0 fully saturated rings. The van der Waals surface area contributed by atoms with Gasteiger partial charge in [-0.15, -0.1) is 11.6 Å². The van der Waals surface area contributed by atoms with E-state index in [1.54, 1.807) is 7.11 Å². The molecule has 0 heterocycles. The van der Waals surface area contributed by atoms with Crippen LogP contribution in [0, 0.1) is 0 Å². The zero-order chi connectivity index (χ0) is 10.8. The Morgan fingerprint density at radius 3 is 2.93 bits per heavy atom. The molecule has 15 heavy (non-hydrogen) atoms. The van der Waals surface area contributed by atoms with Crippen LogP contribution < -0.4 is 4.74 Å². The van der Waals surface area contributed by atoms with E-state index in [1.807, 2.05) is 18.2 Å². The van der Waals surface area contributed by atoms with Crippen molar-refractivity contribution in [3.63, 3.8) is 0 Å². The van der Waals surface area contributed by atoms with E-state index in [1.165, 1.54) is 0 Å². The van der Waals surface area contributed by atoms with Crippen LogP contribution >= 0.6 is 11.6 Å². The summed E-state index contributed by atoms with van der Waals surface area (Å²) in [4.78, 5) is 11.8. The summed E-state index contributed by atoms with van der Waals surface area (Å²) >= 11 is 5.62. The van der Waals surface area contributed by atoms with Crippen LogP contribution in [0.1, 0.15) is 34.7 Å². The minimum atomic E-state index is 0.0499. The van der Waals surface area contributed by atoms with Crippen molar-refractivity contribution in [1.82, 2.24) is 0 Å². The summed E-state index contributed by atoms with van der Waals surface area (Å²) in [6.07, 6.45) is 1.73. The summed E-state index contributed by atoms with van der Waals surface area (Å²) in [5.74, 6) is 1.56. The molecule has 1 aliphatic rings. The first-order valence-electron chi connectivity index (χ1n) is 5.06. The van der Waals surface area contributed by atoms with Crippen molar-refractivity contribution in [2.75, 3.05) is 13.0 Å². The molecule has 1 atom stereocenters. The zero-order valence-electron chi connectivity index (χ0n) is 8.63. The third kappa shape index (κ3) is 1.63. The highest BCUT2D eigenvalue weighted by Crippen LogP contribution is 2.42. The van der Waals surface area contributed by atoms with Crippen molar-refractivity contribution >= 4 is 17.4 Å². The number of rotatable bonds is 4. The molecule has 1 aromatic carbocycles. The van der Waals surface area contributed by atoms with Gasteiger partial charge in [0.2, 0.25) is 0 Å². The lowest BCUT2D eigenvalue weighted by Crippen LogP contribution is -2.27. The average Bonchev–Trinajstić information content (AvgIpc) is 2.28. The standard InChI is InChI=1S/C12H13ClO2/c1-15-10-6-2-4-8-9(5-3-7-13)12(14)11(8)10/h2,4,6,9H,3,5,7H2,1H3. The molecule has 0 saturated carbocycles. The number of carbonyl (C=O) groups is 1. The Hall–Kier alpha value is -1.02. The van der Waals surface area contributed by atoms with Crippen molar-refractivity contribution in [2.45, 2.75) is 18.8 Å². The molecule has 0 aromatic heterocycles. The van der Waals surface area contributed by atoms with E-state index in [4.69, 9.17) is 16.3 Å². The average molecular weight is 225 g/mol. The number of methoxy groups -OCH3 is 1. The number of hydrogen-bond acceptors (Lipinski definition) is 2. The molecule has 2 rings (SSSR count). The van der Waals surface area contributed by atoms with Crippen LogP contribution in [0.2, 0.25) is 0 Å². The summed E-state index contributed by atoms with van der Waals surface area (Å²) in [6, 6.07) is 5.75. The van der Waals surface area contributed by atoms with Gasteiger partial charge in [0.05, 0.1) is 12.7 Å². The molecule has 0 bridgehead atoms. The van der Waals surface area contributed by atoms with E-state index in [2.05, 4.69) is 0 Å². The van der Waals surface area contributed by atoms with Crippen LogP contribution in [0.3, 0.4) is 0 Å². The summed E-state index contributed by atoms with van der Waals surface area (Å²) in [6.45, 7) is 0. The summed E-state index contributed by atoms with van der Waals surface area (Å²) in [5, 5.41) is 0. The lowest BCUT2D eigenvalue weighted by atomic mass is 9.73. The number of alkyl halides is 1. The van der Waals surface area contributed by atoms with Crippen molar-refractivity contribution in [3.8, 4) is 5.75 Å². The van der Waals surface area contributed by atoms with Gasteiger partial charge in [-0.25, -0.2) is 0 Å². The Balaban J connectivity index is 2.24. The third-order valence-electron chi connectivity index (χ3n) is 2.84. The van der Waals surface area contributed by atoms with Crippen molar-refractivity contribution < 1.29 is 9.53 Å². The van der Waals surface area contributed by atoms with E-state index in [9.17, 15) is 4.79 Å². The Bertz CT molecular complexity index is 387. The number of ether oxygens (including phenoxy) is 1. The van der Waals surface area contributed by atoms with Crippen LogP contribution in [-0.2, 0) is 0 Å². The van der Waals surface area contributed by atoms with Gasteiger partial charge < -0.3 is 4.74 Å². The molecule has 1 unspecified atom stereocenters. The minimum Gasteiger partial charge on any atom is -0.496 e. The number of Topliss-reactive ketones (excluding diaryl/α,β-unsaturated/α-hetero) is 1. The van der Waals surface area contributed by atoms with Crippen LogP contribution in [0.5, 0.6) is 5.75 Å². The van der Waals surface area contributed by atoms with Gasteiger partial charge in [0.25, 0.3) is 0 Å². The molecule has 0 aliphatic heterocycles. The molecule has 0 N–H and O–H groups in total. The molecule has 0 saturated heterocycles. The fourth-order valence-electron chi connectivity index (χ4n) is 2.08. The first-order valence-corrected chi connectivity index (χ1v) is 5.60. The van der Waals surface area contributed by atoms with Gasteiger partial charge in [0.15, 0.2) is 5.78 Å². The van der Waals surface area contributed by atoms with Crippen LogP contribution in [0.4, 0.5) is 0 Å². The first kappa shape index (κ1) is 10.5. The second kappa shape index (κ2) is 4.23. The van der Waals surface area contributed by atoms with E-state index in [0.717, 1.165) is 24.0 Å². The molecule has 2 nitrogen and oxygen atoms in total. The first-order chi connectivity index (χ1) is 7.29. The fraction of sp³-hybridized carbons (Fsp3) is 0.417. The third-order valence-corrected chi connectivity index (χ3v) is 3.11. The SMILES string of the molecule is COc1cccc2c1C(=O)C2CCCCl. The predicted molar refractivity (Wildman–Crippen MR) is 60.0 cm³/mol. The maximum atomic E-state index is 11.8. The van der Waals surface area contributed by atoms with E-state index < -0.39 is 0 Å². The maximum Gasteiger partial charge on any atom is 0.174 e. The van der Waals surface area contributed by atoms with Gasteiger partial charge in [-0.2, -0.15) is 0 Å². The maximum absolute atomic E-state index is 11.8. The number of hydrogen-bond donors (Lipinski definition) is 0. The Kier molecular flexibility index (Phi) is 2.96. The summed E-state index contributed by atoms with van der Waals surface area (Å²) in [7, 11) is 1.59. The smallest absolute Gasteiger partial charge is 0.174 e. The van der Waals surface area contributed by atoms with Crippen LogP contribution in [0.15, 0.2) is 18.2 Å². The molecule has 0 amide bonds. The monoisotopic (exact) mass is 224 g/mol. The summed E-state index contributed by atoms with van der Waals surface area (Å²) < 4.78 is 5.15. The molecule has 80 valence electrons. The largest absolute Gasteiger partial charge is 0.496 e. The number of halogens is 1. The lowest BCUT2D eigenvalue weighted by molar-refractivity contribution is 0.0917. The van der Waals surface area contributed by atoms with Crippen molar-refractivity contribution in [3.05, 3.63) is 29.3 Å². The van der Waals surface area contributed by atoms with Crippen LogP contribution in [0.25, 0.3) is 0 Å². The highest BCUT2D eigenvalue weighted by molar-refractivity contribution is 6.18.